The smallest absolute Gasteiger partial charge is 0.260 e. The van der Waals surface area contributed by atoms with Gasteiger partial charge >= 0.3 is 0 Å². The van der Waals surface area contributed by atoms with E-state index in [4.69, 9.17) is 0 Å². The fraction of sp³-hybridized carbons (Fsp3) is 0.786. The van der Waals surface area contributed by atoms with Gasteiger partial charge in [0, 0.05) is 25.6 Å². The molecule has 2 unspecified atom stereocenters. The van der Waals surface area contributed by atoms with Crippen LogP contribution in [0.3, 0.4) is 0 Å². The zero-order chi connectivity index (χ0) is 15.5. The molecule has 7 heteroatoms. The average Bonchev–Trinajstić information content (AvgIpc) is 2.95. The standard InChI is InChI=1S/C14H26N4O2S/c1-4-7-15-12-6-8-18(10-11(12)3)21(19,20)14-9-16-13(5-2)17-14/h9,11-12,15H,4-8,10H2,1-3H3,(H,16,17). The van der Waals surface area contributed by atoms with Gasteiger partial charge in [-0.3, -0.25) is 0 Å². The lowest BCUT2D eigenvalue weighted by Crippen LogP contribution is -2.50. The highest BCUT2D eigenvalue weighted by Crippen LogP contribution is 2.23. The number of nitrogens with one attached hydrogen (secondary N) is 2. The van der Waals surface area contributed by atoms with Crippen molar-refractivity contribution in [2.45, 2.75) is 51.1 Å². The van der Waals surface area contributed by atoms with Gasteiger partial charge in [0.1, 0.15) is 5.82 Å². The number of aromatic amines is 1. The van der Waals surface area contributed by atoms with Gasteiger partial charge in [-0.05, 0) is 25.3 Å². The van der Waals surface area contributed by atoms with Gasteiger partial charge in [-0.2, -0.15) is 4.31 Å². The van der Waals surface area contributed by atoms with Crippen molar-refractivity contribution in [3.63, 3.8) is 0 Å². The summed E-state index contributed by atoms with van der Waals surface area (Å²) in [6.45, 7) is 8.31. The number of H-pyrrole nitrogens is 1. The summed E-state index contributed by atoms with van der Waals surface area (Å²) < 4.78 is 26.8. The third kappa shape index (κ3) is 3.64. The maximum absolute atomic E-state index is 12.6. The third-order valence-electron chi connectivity index (χ3n) is 4.08. The van der Waals surface area contributed by atoms with Gasteiger partial charge in [-0.25, -0.2) is 13.4 Å². The first kappa shape index (κ1) is 16.5. The highest BCUT2D eigenvalue weighted by Gasteiger charge is 2.34. The van der Waals surface area contributed by atoms with E-state index in [0.717, 1.165) is 19.4 Å². The minimum Gasteiger partial charge on any atom is -0.332 e. The van der Waals surface area contributed by atoms with Crippen LogP contribution in [-0.4, -0.2) is 48.4 Å². The first-order valence-electron chi connectivity index (χ1n) is 7.76. The Labute approximate surface area is 127 Å². The van der Waals surface area contributed by atoms with E-state index in [-0.39, 0.29) is 5.03 Å². The minimum atomic E-state index is -3.44. The quantitative estimate of drug-likeness (QED) is 0.831. The number of aromatic nitrogens is 2. The van der Waals surface area contributed by atoms with E-state index < -0.39 is 10.0 Å². The zero-order valence-corrected chi connectivity index (χ0v) is 13.9. The number of rotatable bonds is 6. The molecule has 1 aromatic rings. The van der Waals surface area contributed by atoms with E-state index >= 15 is 0 Å². The maximum atomic E-state index is 12.6. The number of hydrogen-bond donors (Lipinski definition) is 2. The number of aryl methyl sites for hydroxylation is 1. The molecule has 2 rings (SSSR count). The summed E-state index contributed by atoms with van der Waals surface area (Å²) in [5, 5.41) is 3.72. The molecular weight excluding hydrogens is 288 g/mol. The molecule has 0 aliphatic carbocycles. The zero-order valence-electron chi connectivity index (χ0n) is 13.1. The average molecular weight is 314 g/mol. The van der Waals surface area contributed by atoms with Crippen molar-refractivity contribution in [3.05, 3.63) is 12.0 Å². The highest BCUT2D eigenvalue weighted by atomic mass is 32.2. The largest absolute Gasteiger partial charge is 0.332 e. The topological polar surface area (TPSA) is 78.1 Å². The van der Waals surface area contributed by atoms with Crippen LogP contribution in [0.1, 0.15) is 39.4 Å². The van der Waals surface area contributed by atoms with Crippen LogP contribution in [0.2, 0.25) is 0 Å². The molecule has 2 heterocycles. The normalized spacial score (nSPS) is 24.3. The molecule has 1 aliphatic heterocycles. The fourth-order valence-electron chi connectivity index (χ4n) is 2.75. The molecule has 1 aliphatic rings. The lowest BCUT2D eigenvalue weighted by Gasteiger charge is -2.36. The van der Waals surface area contributed by atoms with E-state index in [1.54, 1.807) is 4.31 Å². The van der Waals surface area contributed by atoms with Crippen molar-refractivity contribution in [2.75, 3.05) is 19.6 Å². The molecule has 2 atom stereocenters. The van der Waals surface area contributed by atoms with Crippen LogP contribution in [0.5, 0.6) is 0 Å². The summed E-state index contributed by atoms with van der Waals surface area (Å²) in [5.74, 6) is 1.02. The number of nitrogens with zero attached hydrogens (tertiary/aromatic N) is 2. The fourth-order valence-corrected chi connectivity index (χ4v) is 4.24. The van der Waals surface area contributed by atoms with E-state index in [1.165, 1.54) is 6.20 Å². The lowest BCUT2D eigenvalue weighted by atomic mass is 9.95. The first-order chi connectivity index (χ1) is 9.98. The summed E-state index contributed by atoms with van der Waals surface area (Å²) in [6, 6.07) is 0.407. The summed E-state index contributed by atoms with van der Waals surface area (Å²) in [6.07, 6.45) is 4.09. The molecule has 0 aromatic carbocycles. The second kappa shape index (κ2) is 6.89. The molecule has 0 amide bonds. The van der Waals surface area contributed by atoms with Crippen molar-refractivity contribution in [1.82, 2.24) is 19.6 Å². The minimum absolute atomic E-state index is 0.214. The van der Waals surface area contributed by atoms with Crippen LogP contribution in [0.25, 0.3) is 0 Å². The van der Waals surface area contributed by atoms with E-state index in [0.29, 0.717) is 37.3 Å². The summed E-state index contributed by atoms with van der Waals surface area (Å²) in [4.78, 5) is 7.00. The predicted molar refractivity (Wildman–Crippen MR) is 82.6 cm³/mol. The summed E-state index contributed by atoms with van der Waals surface area (Å²) in [5.41, 5.74) is 0. The number of hydrogen-bond acceptors (Lipinski definition) is 4. The monoisotopic (exact) mass is 314 g/mol. The molecule has 21 heavy (non-hydrogen) atoms. The van der Waals surface area contributed by atoms with E-state index in [9.17, 15) is 8.42 Å². The molecule has 0 spiro atoms. The Bertz CT molecular complexity index is 555. The predicted octanol–water partition coefficient (Wildman–Crippen LogP) is 1.37. The number of sulfonamides is 1. The second-order valence-electron chi connectivity index (χ2n) is 5.74. The Kier molecular flexibility index (Phi) is 5.40. The van der Waals surface area contributed by atoms with Crippen molar-refractivity contribution < 1.29 is 8.42 Å². The molecule has 1 fully saturated rings. The Hall–Kier alpha value is -0.920. The molecule has 0 saturated carbocycles. The van der Waals surface area contributed by atoms with E-state index in [1.807, 2.05) is 6.92 Å². The lowest BCUT2D eigenvalue weighted by molar-refractivity contribution is 0.220. The van der Waals surface area contributed by atoms with Gasteiger partial charge in [0.05, 0.1) is 6.20 Å². The molecule has 0 bridgehead atoms. The van der Waals surface area contributed by atoms with Gasteiger partial charge in [0.2, 0.25) is 0 Å². The van der Waals surface area contributed by atoms with Crippen molar-refractivity contribution in [1.29, 1.82) is 0 Å². The van der Waals surface area contributed by atoms with Crippen LogP contribution in [0, 0.1) is 5.92 Å². The first-order valence-corrected chi connectivity index (χ1v) is 9.20. The molecule has 1 aromatic heterocycles. The van der Waals surface area contributed by atoms with Crippen LogP contribution in [0.4, 0.5) is 0 Å². The van der Waals surface area contributed by atoms with Gasteiger partial charge < -0.3 is 10.3 Å². The van der Waals surface area contributed by atoms with Gasteiger partial charge in [0.25, 0.3) is 10.0 Å². The van der Waals surface area contributed by atoms with Gasteiger partial charge in [-0.1, -0.05) is 20.8 Å². The molecule has 120 valence electrons. The van der Waals surface area contributed by atoms with Gasteiger partial charge in [0.15, 0.2) is 5.03 Å². The third-order valence-corrected chi connectivity index (χ3v) is 5.86. The van der Waals surface area contributed by atoms with Crippen LogP contribution in [0.15, 0.2) is 11.2 Å². The molecule has 0 radical (unpaired) electrons. The molecule has 1 saturated heterocycles. The Morgan fingerprint density at radius 3 is 2.81 bits per heavy atom. The van der Waals surface area contributed by atoms with Gasteiger partial charge in [-0.15, -0.1) is 0 Å². The van der Waals surface area contributed by atoms with Crippen molar-refractivity contribution in [3.8, 4) is 0 Å². The number of imidazole rings is 1. The Morgan fingerprint density at radius 2 is 2.24 bits per heavy atom. The molecule has 6 nitrogen and oxygen atoms in total. The van der Waals surface area contributed by atoms with Crippen LogP contribution < -0.4 is 5.32 Å². The molecule has 2 N–H and O–H groups in total. The van der Waals surface area contributed by atoms with Crippen molar-refractivity contribution in [2.24, 2.45) is 5.92 Å². The Balaban J connectivity index is 2.05. The maximum Gasteiger partial charge on any atom is 0.260 e. The number of piperidine rings is 1. The van der Waals surface area contributed by atoms with E-state index in [2.05, 4.69) is 29.1 Å². The Morgan fingerprint density at radius 1 is 1.48 bits per heavy atom. The van der Waals surface area contributed by atoms with Crippen LogP contribution in [-0.2, 0) is 16.4 Å². The second-order valence-corrected chi connectivity index (χ2v) is 7.64. The van der Waals surface area contributed by atoms with Crippen molar-refractivity contribution >= 4 is 10.0 Å². The molecular formula is C14H26N4O2S. The van der Waals surface area contributed by atoms with Crippen LogP contribution >= 0.6 is 0 Å². The highest BCUT2D eigenvalue weighted by molar-refractivity contribution is 7.89. The summed E-state index contributed by atoms with van der Waals surface area (Å²) >= 11 is 0. The SMILES string of the molecule is CCCNC1CCN(S(=O)(=O)c2cnc(CC)[nH]2)CC1C. The summed E-state index contributed by atoms with van der Waals surface area (Å²) in [7, 11) is -3.44.